The summed E-state index contributed by atoms with van der Waals surface area (Å²) in [7, 11) is 0. The Hall–Kier alpha value is -1.73. The van der Waals surface area contributed by atoms with Gasteiger partial charge in [0.15, 0.2) is 6.61 Å². The van der Waals surface area contributed by atoms with Crippen LogP contribution in [0, 0.1) is 11.3 Å². The maximum atomic E-state index is 8.63. The molecule has 104 valence electrons. The molecule has 1 N–H and O–H groups in total. The van der Waals surface area contributed by atoms with Crippen molar-refractivity contribution in [1.82, 2.24) is 5.32 Å². The van der Waals surface area contributed by atoms with Crippen molar-refractivity contribution >= 4 is 0 Å². The number of rotatable bonds is 8. The second-order valence-corrected chi connectivity index (χ2v) is 4.60. The quantitative estimate of drug-likeness (QED) is 0.782. The Bertz CT molecular complexity index is 425. The summed E-state index contributed by atoms with van der Waals surface area (Å²) in [6, 6.07) is 8.16. The molecule has 0 radical (unpaired) electrons. The van der Waals surface area contributed by atoms with Gasteiger partial charge in [-0.15, -0.1) is 0 Å². The molecule has 1 rings (SSSR count). The fourth-order valence-corrected chi connectivity index (χ4v) is 1.55. The van der Waals surface area contributed by atoms with E-state index >= 15 is 0 Å². The van der Waals surface area contributed by atoms with E-state index < -0.39 is 0 Å². The van der Waals surface area contributed by atoms with Crippen LogP contribution in [-0.2, 0) is 6.54 Å². The third-order valence-corrected chi connectivity index (χ3v) is 2.50. The first kappa shape index (κ1) is 15.3. The second kappa shape index (κ2) is 8.39. The number of benzene rings is 1. The molecule has 0 saturated heterocycles. The summed E-state index contributed by atoms with van der Waals surface area (Å²) < 4.78 is 11.0. The molecule has 0 atom stereocenters. The van der Waals surface area contributed by atoms with Crippen LogP contribution in [0.15, 0.2) is 18.2 Å². The van der Waals surface area contributed by atoms with Crippen molar-refractivity contribution < 1.29 is 9.47 Å². The molecule has 0 aliphatic carbocycles. The normalized spacial score (nSPS) is 10.3. The van der Waals surface area contributed by atoms with Crippen LogP contribution in [0.5, 0.6) is 11.5 Å². The molecule has 0 unspecified atom stereocenters. The van der Waals surface area contributed by atoms with E-state index in [9.17, 15) is 0 Å². The largest absolute Gasteiger partial charge is 0.493 e. The van der Waals surface area contributed by atoms with Crippen molar-refractivity contribution in [1.29, 1.82) is 5.26 Å². The van der Waals surface area contributed by atoms with Crippen molar-refractivity contribution in [2.75, 3.05) is 13.2 Å². The van der Waals surface area contributed by atoms with Gasteiger partial charge in [0.1, 0.15) is 17.6 Å². The van der Waals surface area contributed by atoms with Crippen LogP contribution in [0.1, 0.15) is 32.8 Å². The zero-order valence-corrected chi connectivity index (χ0v) is 11.9. The Balaban J connectivity index is 2.79. The van der Waals surface area contributed by atoms with Crippen LogP contribution in [0.2, 0.25) is 0 Å². The molecule has 1 aromatic carbocycles. The standard InChI is InChI=1S/C15H22N2O2/c1-4-8-18-14-6-5-13(11-17-12(2)3)15(10-14)19-9-7-16/h5-6,10,12,17H,4,8-9,11H2,1-3H3. The Labute approximate surface area is 115 Å². The average Bonchev–Trinajstić information content (AvgIpc) is 2.41. The molecule has 0 aliphatic rings. The maximum absolute atomic E-state index is 8.63. The van der Waals surface area contributed by atoms with E-state index in [0.29, 0.717) is 24.9 Å². The minimum Gasteiger partial charge on any atom is -0.493 e. The van der Waals surface area contributed by atoms with Gasteiger partial charge in [-0.25, -0.2) is 0 Å². The monoisotopic (exact) mass is 262 g/mol. The molecule has 0 bridgehead atoms. The summed E-state index contributed by atoms with van der Waals surface area (Å²) >= 11 is 0. The Morgan fingerprint density at radius 2 is 2.11 bits per heavy atom. The van der Waals surface area contributed by atoms with Crippen LogP contribution in [0.25, 0.3) is 0 Å². The van der Waals surface area contributed by atoms with Gasteiger partial charge in [-0.2, -0.15) is 5.26 Å². The summed E-state index contributed by atoms with van der Waals surface area (Å²) in [5.74, 6) is 1.49. The molecule has 0 saturated carbocycles. The summed E-state index contributed by atoms with van der Waals surface area (Å²) in [5.41, 5.74) is 1.03. The Morgan fingerprint density at radius 3 is 2.74 bits per heavy atom. The molecule has 1 aromatic rings. The highest BCUT2D eigenvalue weighted by Gasteiger charge is 2.07. The predicted molar refractivity (Wildman–Crippen MR) is 75.3 cm³/mol. The van der Waals surface area contributed by atoms with Gasteiger partial charge in [0.25, 0.3) is 0 Å². The lowest BCUT2D eigenvalue weighted by Gasteiger charge is -2.14. The van der Waals surface area contributed by atoms with Gasteiger partial charge in [0.2, 0.25) is 0 Å². The fraction of sp³-hybridized carbons (Fsp3) is 0.533. The number of hydrogen-bond donors (Lipinski definition) is 1. The predicted octanol–water partition coefficient (Wildman–Crippen LogP) is 2.88. The second-order valence-electron chi connectivity index (χ2n) is 4.60. The van der Waals surface area contributed by atoms with Gasteiger partial charge in [-0.1, -0.05) is 26.8 Å². The first-order valence-corrected chi connectivity index (χ1v) is 6.66. The topological polar surface area (TPSA) is 54.3 Å². The van der Waals surface area contributed by atoms with Gasteiger partial charge in [-0.05, 0) is 12.5 Å². The third kappa shape index (κ3) is 5.62. The lowest BCUT2D eigenvalue weighted by molar-refractivity contribution is 0.311. The zero-order valence-electron chi connectivity index (χ0n) is 11.9. The highest BCUT2D eigenvalue weighted by atomic mass is 16.5. The van der Waals surface area contributed by atoms with Crippen LogP contribution < -0.4 is 14.8 Å². The van der Waals surface area contributed by atoms with Crippen LogP contribution in [0.4, 0.5) is 0 Å². The molecule has 0 spiro atoms. The van der Waals surface area contributed by atoms with Gasteiger partial charge in [0.05, 0.1) is 6.61 Å². The van der Waals surface area contributed by atoms with Crippen LogP contribution >= 0.6 is 0 Å². The van der Waals surface area contributed by atoms with Gasteiger partial charge in [0, 0.05) is 24.2 Å². The van der Waals surface area contributed by atoms with E-state index in [-0.39, 0.29) is 6.61 Å². The van der Waals surface area contributed by atoms with E-state index in [2.05, 4.69) is 26.1 Å². The zero-order chi connectivity index (χ0) is 14.1. The number of nitrogens with one attached hydrogen (secondary N) is 1. The summed E-state index contributed by atoms with van der Waals surface area (Å²) in [6.07, 6.45) is 0.963. The highest BCUT2D eigenvalue weighted by Crippen LogP contribution is 2.25. The minimum atomic E-state index is 0.0475. The van der Waals surface area contributed by atoms with Crippen LogP contribution in [0.3, 0.4) is 0 Å². The summed E-state index contributed by atoms with van der Waals surface area (Å²) in [4.78, 5) is 0. The minimum absolute atomic E-state index is 0.0475. The fourth-order valence-electron chi connectivity index (χ4n) is 1.55. The number of hydrogen-bond acceptors (Lipinski definition) is 4. The molecule has 0 aromatic heterocycles. The molecular formula is C15H22N2O2. The first-order chi connectivity index (χ1) is 9.17. The van der Waals surface area contributed by atoms with Crippen molar-refractivity contribution in [2.24, 2.45) is 0 Å². The SMILES string of the molecule is CCCOc1ccc(CNC(C)C)c(OCC#N)c1. The first-order valence-electron chi connectivity index (χ1n) is 6.66. The lowest BCUT2D eigenvalue weighted by Crippen LogP contribution is -2.22. The van der Waals surface area contributed by atoms with Crippen molar-refractivity contribution in [3.8, 4) is 17.6 Å². The van der Waals surface area contributed by atoms with Gasteiger partial charge >= 0.3 is 0 Å². The average molecular weight is 262 g/mol. The number of ether oxygens (including phenoxy) is 2. The molecule has 19 heavy (non-hydrogen) atoms. The maximum Gasteiger partial charge on any atom is 0.174 e. The number of nitrogens with zero attached hydrogens (tertiary/aromatic N) is 1. The summed E-state index contributed by atoms with van der Waals surface area (Å²) in [5, 5.41) is 12.0. The molecule has 4 nitrogen and oxygen atoms in total. The van der Waals surface area contributed by atoms with E-state index in [1.807, 2.05) is 24.3 Å². The third-order valence-electron chi connectivity index (χ3n) is 2.50. The highest BCUT2D eigenvalue weighted by molar-refractivity contribution is 5.41. The van der Waals surface area contributed by atoms with E-state index in [1.165, 1.54) is 0 Å². The Morgan fingerprint density at radius 1 is 1.32 bits per heavy atom. The van der Waals surface area contributed by atoms with Crippen molar-refractivity contribution in [3.05, 3.63) is 23.8 Å². The van der Waals surface area contributed by atoms with Gasteiger partial charge < -0.3 is 14.8 Å². The lowest BCUT2D eigenvalue weighted by atomic mass is 10.2. The van der Waals surface area contributed by atoms with E-state index in [1.54, 1.807) is 0 Å². The molecule has 0 heterocycles. The molecule has 0 aliphatic heterocycles. The van der Waals surface area contributed by atoms with E-state index in [4.69, 9.17) is 14.7 Å². The Kier molecular flexibility index (Phi) is 6.76. The molecule has 0 fully saturated rings. The van der Waals surface area contributed by atoms with Gasteiger partial charge in [-0.3, -0.25) is 0 Å². The molecule has 0 amide bonds. The molecular weight excluding hydrogens is 240 g/mol. The molecule has 4 heteroatoms. The summed E-state index contributed by atoms with van der Waals surface area (Å²) in [6.45, 7) is 7.69. The van der Waals surface area contributed by atoms with Crippen molar-refractivity contribution in [3.63, 3.8) is 0 Å². The number of nitriles is 1. The van der Waals surface area contributed by atoms with Crippen LogP contribution in [-0.4, -0.2) is 19.3 Å². The van der Waals surface area contributed by atoms with E-state index in [0.717, 1.165) is 17.7 Å². The smallest absolute Gasteiger partial charge is 0.174 e. The van der Waals surface area contributed by atoms with Crippen molar-refractivity contribution in [2.45, 2.75) is 39.8 Å².